The number of benzene rings is 1. The maximum absolute atomic E-state index is 11.9. The number of hydrogen-bond acceptors (Lipinski definition) is 2. The van der Waals surface area contributed by atoms with Crippen molar-refractivity contribution in [1.82, 2.24) is 0 Å². The molecule has 0 aromatic heterocycles. The van der Waals surface area contributed by atoms with Crippen LogP contribution in [0.5, 0.6) is 0 Å². The van der Waals surface area contributed by atoms with Gasteiger partial charge in [0.05, 0.1) is 5.02 Å². The number of thioether (sulfide) groups is 1. The van der Waals surface area contributed by atoms with Crippen molar-refractivity contribution in [2.45, 2.75) is 49.8 Å². The Kier molecular flexibility index (Phi) is 5.35. The summed E-state index contributed by atoms with van der Waals surface area (Å²) in [6, 6.07) is 6.08. The van der Waals surface area contributed by atoms with Crippen LogP contribution in [0.1, 0.15) is 50.5 Å². The van der Waals surface area contributed by atoms with Crippen LogP contribution in [0.25, 0.3) is 0 Å². The quantitative estimate of drug-likeness (QED) is 0.685. The zero-order valence-electron chi connectivity index (χ0n) is 11.6. The van der Waals surface area contributed by atoms with Crippen molar-refractivity contribution in [2.24, 2.45) is 5.92 Å². The number of carbonyl (C=O) groups excluding carboxylic acids is 1. The van der Waals surface area contributed by atoms with Crippen molar-refractivity contribution < 1.29 is 4.79 Å². The van der Waals surface area contributed by atoms with Gasteiger partial charge in [0.25, 0.3) is 0 Å². The van der Waals surface area contributed by atoms with Crippen molar-refractivity contribution in [3.8, 4) is 0 Å². The minimum absolute atomic E-state index is 0.0245. The second kappa shape index (κ2) is 6.81. The molecule has 1 aromatic rings. The van der Waals surface area contributed by atoms with Crippen LogP contribution in [-0.4, -0.2) is 12.0 Å². The van der Waals surface area contributed by atoms with E-state index < -0.39 is 0 Å². The lowest BCUT2D eigenvalue weighted by Gasteiger charge is -2.19. The van der Waals surface area contributed by atoms with E-state index >= 15 is 0 Å². The number of rotatable bonds is 5. The van der Waals surface area contributed by atoms with E-state index in [1.165, 1.54) is 25.7 Å². The van der Waals surface area contributed by atoms with Crippen LogP contribution in [-0.2, 0) is 4.79 Å². The largest absolute Gasteiger partial charge is 0.299 e. The summed E-state index contributed by atoms with van der Waals surface area (Å²) >= 11 is 7.90. The van der Waals surface area contributed by atoms with E-state index in [2.05, 4.69) is 6.07 Å². The molecule has 0 radical (unpaired) electrons. The summed E-state index contributed by atoms with van der Waals surface area (Å²) in [4.78, 5) is 13.0. The Balaban J connectivity index is 2.18. The fraction of sp³-hybridized carbons (Fsp3) is 0.562. The highest BCUT2D eigenvalue weighted by Crippen LogP contribution is 2.36. The fourth-order valence-corrected chi connectivity index (χ4v) is 3.89. The van der Waals surface area contributed by atoms with Gasteiger partial charge in [-0.25, -0.2) is 0 Å². The molecule has 0 N–H and O–H groups in total. The average molecular weight is 297 g/mol. The van der Waals surface area contributed by atoms with Gasteiger partial charge >= 0.3 is 0 Å². The van der Waals surface area contributed by atoms with Gasteiger partial charge in [0.15, 0.2) is 0 Å². The first-order valence-electron chi connectivity index (χ1n) is 6.95. The van der Waals surface area contributed by atoms with Crippen LogP contribution in [0.3, 0.4) is 0 Å². The molecule has 1 atom stereocenters. The van der Waals surface area contributed by atoms with Gasteiger partial charge in [-0.2, -0.15) is 0 Å². The van der Waals surface area contributed by atoms with E-state index in [0.717, 1.165) is 21.9 Å². The van der Waals surface area contributed by atoms with Crippen LogP contribution in [0.15, 0.2) is 23.1 Å². The van der Waals surface area contributed by atoms with Gasteiger partial charge in [-0.15, -0.1) is 11.8 Å². The van der Waals surface area contributed by atoms with Crippen LogP contribution in [0.4, 0.5) is 0 Å². The molecule has 1 saturated carbocycles. The van der Waals surface area contributed by atoms with E-state index in [1.54, 1.807) is 18.7 Å². The summed E-state index contributed by atoms with van der Waals surface area (Å²) in [7, 11) is 0. The van der Waals surface area contributed by atoms with E-state index in [0.29, 0.717) is 5.92 Å². The summed E-state index contributed by atoms with van der Waals surface area (Å²) in [5, 5.41) is 0.766. The summed E-state index contributed by atoms with van der Waals surface area (Å²) in [5.74, 6) is 1.00. The molecule has 1 aliphatic rings. The van der Waals surface area contributed by atoms with Crippen molar-refractivity contribution in [1.29, 1.82) is 0 Å². The third-order valence-electron chi connectivity index (χ3n) is 4.11. The van der Waals surface area contributed by atoms with Gasteiger partial charge in [-0.3, -0.25) is 4.79 Å². The van der Waals surface area contributed by atoms with Gasteiger partial charge in [0.1, 0.15) is 5.78 Å². The fourth-order valence-electron chi connectivity index (χ4n) is 3.02. The highest BCUT2D eigenvalue weighted by Gasteiger charge is 2.24. The van der Waals surface area contributed by atoms with Gasteiger partial charge in [0, 0.05) is 10.8 Å². The maximum atomic E-state index is 11.9. The summed E-state index contributed by atoms with van der Waals surface area (Å²) in [5.41, 5.74) is 1.09. The highest BCUT2D eigenvalue weighted by atomic mass is 35.5. The molecule has 0 saturated heterocycles. The Hall–Kier alpha value is -0.470. The second-order valence-corrected chi connectivity index (χ2v) is 6.70. The molecule has 3 heteroatoms. The monoisotopic (exact) mass is 296 g/mol. The first kappa shape index (κ1) is 14.9. The number of carbonyl (C=O) groups is 1. The van der Waals surface area contributed by atoms with E-state index in [9.17, 15) is 4.79 Å². The number of Topliss-reactive ketones (excluding diaryl/α,β-unsaturated/α-hetero) is 1. The number of ketones is 1. The molecule has 1 nitrogen and oxygen atoms in total. The Bertz CT molecular complexity index is 452. The molecule has 0 bridgehead atoms. The van der Waals surface area contributed by atoms with Crippen molar-refractivity contribution >= 4 is 29.1 Å². The van der Waals surface area contributed by atoms with Gasteiger partial charge in [0.2, 0.25) is 0 Å². The van der Waals surface area contributed by atoms with Crippen molar-refractivity contribution in [2.75, 3.05) is 6.26 Å². The van der Waals surface area contributed by atoms with Gasteiger partial charge < -0.3 is 0 Å². The molecule has 0 amide bonds. The summed E-state index contributed by atoms with van der Waals surface area (Å²) in [6.07, 6.45) is 8.20. The van der Waals surface area contributed by atoms with E-state index in [4.69, 9.17) is 11.6 Å². The van der Waals surface area contributed by atoms with Gasteiger partial charge in [-0.05, 0) is 43.2 Å². The standard InChI is InChI=1S/C16H21ClOS/c1-11(18)14(9-12-5-3-4-6-12)13-7-8-16(19-2)15(17)10-13/h7-8,10,12,14H,3-6,9H2,1-2H3. The van der Waals surface area contributed by atoms with E-state index in [-0.39, 0.29) is 11.7 Å². The SMILES string of the molecule is CSc1ccc(C(CC2CCCC2)C(C)=O)cc1Cl. The first-order chi connectivity index (χ1) is 9.11. The Morgan fingerprint density at radius 2 is 2.11 bits per heavy atom. The molecule has 0 aliphatic heterocycles. The predicted molar refractivity (Wildman–Crippen MR) is 83.2 cm³/mol. The van der Waals surface area contributed by atoms with Crippen LogP contribution >= 0.6 is 23.4 Å². The summed E-state index contributed by atoms with van der Waals surface area (Å²) in [6.45, 7) is 1.70. The number of hydrogen-bond donors (Lipinski definition) is 0. The van der Waals surface area contributed by atoms with Crippen LogP contribution < -0.4 is 0 Å². The lowest BCUT2D eigenvalue weighted by molar-refractivity contribution is -0.118. The molecule has 19 heavy (non-hydrogen) atoms. The van der Waals surface area contributed by atoms with Crippen molar-refractivity contribution in [3.63, 3.8) is 0 Å². The third-order valence-corrected chi connectivity index (χ3v) is 5.33. The molecule has 1 unspecified atom stereocenters. The zero-order chi connectivity index (χ0) is 13.8. The maximum Gasteiger partial charge on any atom is 0.137 e. The van der Waals surface area contributed by atoms with Crippen LogP contribution in [0, 0.1) is 5.92 Å². The molecule has 0 spiro atoms. The van der Waals surface area contributed by atoms with Crippen molar-refractivity contribution in [3.05, 3.63) is 28.8 Å². The Labute approximate surface area is 125 Å². The Morgan fingerprint density at radius 1 is 1.42 bits per heavy atom. The average Bonchev–Trinajstić information content (AvgIpc) is 2.88. The second-order valence-electron chi connectivity index (χ2n) is 5.44. The van der Waals surface area contributed by atoms with Crippen LogP contribution in [0.2, 0.25) is 5.02 Å². The molecule has 104 valence electrons. The topological polar surface area (TPSA) is 17.1 Å². The lowest BCUT2D eigenvalue weighted by Crippen LogP contribution is -2.13. The van der Waals surface area contributed by atoms with E-state index in [1.807, 2.05) is 18.4 Å². The highest BCUT2D eigenvalue weighted by molar-refractivity contribution is 7.98. The smallest absolute Gasteiger partial charge is 0.137 e. The molecule has 2 rings (SSSR count). The summed E-state index contributed by atoms with van der Waals surface area (Å²) < 4.78 is 0. The normalized spacial score (nSPS) is 17.6. The minimum Gasteiger partial charge on any atom is -0.299 e. The molecule has 1 aliphatic carbocycles. The third kappa shape index (κ3) is 3.76. The molecular formula is C16H21ClOS. The molecule has 1 fully saturated rings. The first-order valence-corrected chi connectivity index (χ1v) is 8.56. The zero-order valence-corrected chi connectivity index (χ0v) is 13.2. The molecule has 0 heterocycles. The van der Waals surface area contributed by atoms with Gasteiger partial charge in [-0.1, -0.05) is 43.4 Å². The molecule has 1 aromatic carbocycles. The number of halogens is 1. The Morgan fingerprint density at radius 3 is 2.63 bits per heavy atom. The molecular weight excluding hydrogens is 276 g/mol. The minimum atomic E-state index is 0.0245. The predicted octanol–water partition coefficient (Wildman–Crippen LogP) is 5.31. The lowest BCUT2D eigenvalue weighted by atomic mass is 9.85.